The lowest BCUT2D eigenvalue weighted by Gasteiger charge is -2.36. The molecule has 2 nitrogen and oxygen atoms in total. The van der Waals surface area contributed by atoms with Crippen LogP contribution in [0.2, 0.25) is 0 Å². The minimum Gasteiger partial charge on any atom is -0.314 e. The van der Waals surface area contributed by atoms with E-state index >= 15 is 0 Å². The van der Waals surface area contributed by atoms with Gasteiger partial charge in [-0.15, -0.1) is 12.4 Å². The van der Waals surface area contributed by atoms with Crippen LogP contribution in [0, 0.1) is 0 Å². The van der Waals surface area contributed by atoms with Gasteiger partial charge in [0.1, 0.15) is 6.04 Å². The number of piperazine rings is 1. The average molecular weight is 357 g/mol. The lowest BCUT2D eigenvalue weighted by atomic mass is 9.98. The maximum atomic E-state index is 13.7. The molecule has 1 heterocycles. The number of rotatable bonds is 3. The van der Waals surface area contributed by atoms with E-state index in [-0.39, 0.29) is 12.4 Å². The van der Waals surface area contributed by atoms with Crippen molar-refractivity contribution < 1.29 is 13.2 Å². The summed E-state index contributed by atoms with van der Waals surface area (Å²) in [5.41, 5.74) is 2.05. The zero-order valence-corrected chi connectivity index (χ0v) is 13.9. The molecule has 1 saturated heterocycles. The average Bonchev–Trinajstić information content (AvgIpc) is 2.56. The summed E-state index contributed by atoms with van der Waals surface area (Å²) in [6.07, 6.45) is -4.29. The van der Waals surface area contributed by atoms with E-state index in [1.807, 2.05) is 36.4 Å². The highest BCUT2D eigenvalue weighted by atomic mass is 35.5. The van der Waals surface area contributed by atoms with E-state index in [0.29, 0.717) is 31.7 Å². The number of hydrogen-bond donors (Lipinski definition) is 1. The van der Waals surface area contributed by atoms with Crippen LogP contribution in [0.1, 0.15) is 11.6 Å². The summed E-state index contributed by atoms with van der Waals surface area (Å²) in [5.74, 6) is 0. The number of benzene rings is 2. The molecule has 0 aliphatic carbocycles. The smallest absolute Gasteiger partial charge is 0.314 e. The van der Waals surface area contributed by atoms with Gasteiger partial charge in [0.25, 0.3) is 0 Å². The summed E-state index contributed by atoms with van der Waals surface area (Å²) >= 11 is 0. The molecule has 130 valence electrons. The Morgan fingerprint density at radius 2 is 1.50 bits per heavy atom. The minimum absolute atomic E-state index is 0. The molecular formula is C18H20ClF3N2. The largest absolute Gasteiger partial charge is 0.408 e. The number of halogens is 4. The second-order valence-electron chi connectivity index (χ2n) is 5.72. The van der Waals surface area contributed by atoms with Crippen molar-refractivity contribution in [2.45, 2.75) is 12.2 Å². The zero-order valence-electron chi connectivity index (χ0n) is 13.1. The first-order valence-corrected chi connectivity index (χ1v) is 7.72. The third-order valence-corrected chi connectivity index (χ3v) is 4.14. The molecular weight excluding hydrogens is 337 g/mol. The molecule has 0 radical (unpaired) electrons. The SMILES string of the molecule is Cl.FC(F)(F)[C@@H](c1cccc(-c2ccccc2)c1)N1CCNCC1. The molecule has 2 aromatic rings. The Morgan fingerprint density at radius 3 is 2.12 bits per heavy atom. The van der Waals surface area contributed by atoms with Crippen LogP contribution in [0.3, 0.4) is 0 Å². The van der Waals surface area contributed by atoms with Crippen molar-refractivity contribution in [2.75, 3.05) is 26.2 Å². The molecule has 1 aliphatic heterocycles. The van der Waals surface area contributed by atoms with Gasteiger partial charge in [-0.1, -0.05) is 48.5 Å². The number of nitrogens with one attached hydrogen (secondary N) is 1. The fourth-order valence-electron chi connectivity index (χ4n) is 3.07. The van der Waals surface area contributed by atoms with Gasteiger partial charge in [-0.25, -0.2) is 0 Å². The molecule has 3 rings (SSSR count). The third kappa shape index (κ3) is 4.29. The summed E-state index contributed by atoms with van der Waals surface area (Å²) < 4.78 is 41.0. The van der Waals surface area contributed by atoms with Gasteiger partial charge in [-0.05, 0) is 22.8 Å². The third-order valence-electron chi connectivity index (χ3n) is 4.14. The van der Waals surface area contributed by atoms with Gasteiger partial charge in [0, 0.05) is 26.2 Å². The molecule has 1 aliphatic rings. The van der Waals surface area contributed by atoms with Crippen molar-refractivity contribution in [1.29, 1.82) is 0 Å². The molecule has 24 heavy (non-hydrogen) atoms. The Balaban J connectivity index is 0.00000208. The topological polar surface area (TPSA) is 15.3 Å². The lowest BCUT2D eigenvalue weighted by molar-refractivity contribution is -0.187. The van der Waals surface area contributed by atoms with Crippen molar-refractivity contribution in [3.8, 4) is 11.1 Å². The van der Waals surface area contributed by atoms with Crippen LogP contribution >= 0.6 is 12.4 Å². The molecule has 6 heteroatoms. The molecule has 0 aromatic heterocycles. The monoisotopic (exact) mass is 356 g/mol. The predicted octanol–water partition coefficient (Wildman–Crippen LogP) is 4.28. The van der Waals surface area contributed by atoms with E-state index in [0.717, 1.165) is 11.1 Å². The summed E-state index contributed by atoms with van der Waals surface area (Å²) in [5, 5.41) is 3.10. The second kappa shape index (κ2) is 8.01. The highest BCUT2D eigenvalue weighted by Crippen LogP contribution is 2.38. The van der Waals surface area contributed by atoms with Gasteiger partial charge in [0.15, 0.2) is 0 Å². The Hall–Kier alpha value is -1.56. The van der Waals surface area contributed by atoms with E-state index in [2.05, 4.69) is 5.32 Å². The van der Waals surface area contributed by atoms with Crippen molar-refractivity contribution >= 4 is 12.4 Å². The van der Waals surface area contributed by atoms with E-state index in [4.69, 9.17) is 0 Å². The molecule has 0 unspecified atom stereocenters. The fraction of sp³-hybridized carbons (Fsp3) is 0.333. The molecule has 2 aromatic carbocycles. The minimum atomic E-state index is -4.29. The summed E-state index contributed by atoms with van der Waals surface area (Å²) in [4.78, 5) is 1.51. The number of hydrogen-bond acceptors (Lipinski definition) is 2. The Kier molecular flexibility index (Phi) is 6.27. The van der Waals surface area contributed by atoms with Crippen LogP contribution in [-0.4, -0.2) is 37.3 Å². The normalized spacial score (nSPS) is 17.1. The van der Waals surface area contributed by atoms with E-state index in [9.17, 15) is 13.2 Å². The van der Waals surface area contributed by atoms with Crippen LogP contribution < -0.4 is 5.32 Å². The van der Waals surface area contributed by atoms with Gasteiger partial charge in [0.05, 0.1) is 0 Å². The van der Waals surface area contributed by atoms with Gasteiger partial charge in [-0.2, -0.15) is 13.2 Å². The Morgan fingerprint density at radius 1 is 0.875 bits per heavy atom. The van der Waals surface area contributed by atoms with Gasteiger partial charge < -0.3 is 5.32 Å². The zero-order chi connectivity index (χ0) is 16.3. The Labute approximate surface area is 146 Å². The quantitative estimate of drug-likeness (QED) is 0.882. The molecule has 0 amide bonds. The highest BCUT2D eigenvalue weighted by Gasteiger charge is 2.44. The van der Waals surface area contributed by atoms with E-state index < -0.39 is 12.2 Å². The maximum absolute atomic E-state index is 13.7. The lowest BCUT2D eigenvalue weighted by Crippen LogP contribution is -2.49. The summed E-state index contributed by atoms with van der Waals surface area (Å²) in [6, 6.07) is 14.7. The summed E-state index contributed by atoms with van der Waals surface area (Å²) in [6.45, 7) is 1.98. The van der Waals surface area contributed by atoms with Crippen LogP contribution in [0.25, 0.3) is 11.1 Å². The first-order valence-electron chi connectivity index (χ1n) is 7.72. The second-order valence-corrected chi connectivity index (χ2v) is 5.72. The van der Waals surface area contributed by atoms with Crippen LogP contribution in [0.4, 0.5) is 13.2 Å². The molecule has 0 spiro atoms. The van der Waals surface area contributed by atoms with Crippen molar-refractivity contribution in [2.24, 2.45) is 0 Å². The van der Waals surface area contributed by atoms with Gasteiger partial charge in [0.2, 0.25) is 0 Å². The van der Waals surface area contributed by atoms with Crippen LogP contribution in [0.15, 0.2) is 54.6 Å². The standard InChI is InChI=1S/C18H19F3N2.ClH/c19-18(20,21)17(23-11-9-22-10-12-23)16-8-4-7-15(13-16)14-5-2-1-3-6-14;/h1-8,13,17,22H,9-12H2;1H/t17-;/m1./s1. The number of alkyl halides is 3. The van der Waals surface area contributed by atoms with E-state index in [1.54, 1.807) is 18.2 Å². The molecule has 0 bridgehead atoms. The Bertz CT molecular complexity index is 640. The van der Waals surface area contributed by atoms with Gasteiger partial charge in [-0.3, -0.25) is 4.90 Å². The highest BCUT2D eigenvalue weighted by molar-refractivity contribution is 5.85. The number of nitrogens with zero attached hydrogens (tertiary/aromatic N) is 1. The molecule has 1 atom stereocenters. The van der Waals surface area contributed by atoms with E-state index in [1.165, 1.54) is 4.90 Å². The van der Waals surface area contributed by atoms with Gasteiger partial charge >= 0.3 is 6.18 Å². The molecule has 1 fully saturated rings. The van der Waals surface area contributed by atoms with Crippen molar-refractivity contribution in [3.05, 3.63) is 60.2 Å². The molecule has 1 N–H and O–H groups in total. The predicted molar refractivity (Wildman–Crippen MR) is 92.4 cm³/mol. The first-order chi connectivity index (χ1) is 11.1. The van der Waals surface area contributed by atoms with Crippen LogP contribution in [-0.2, 0) is 0 Å². The first kappa shape index (κ1) is 18.8. The summed E-state index contributed by atoms with van der Waals surface area (Å²) in [7, 11) is 0. The molecule has 0 saturated carbocycles. The van der Waals surface area contributed by atoms with Crippen LogP contribution in [0.5, 0.6) is 0 Å². The fourth-order valence-corrected chi connectivity index (χ4v) is 3.07. The van der Waals surface area contributed by atoms with Crippen molar-refractivity contribution in [3.63, 3.8) is 0 Å². The van der Waals surface area contributed by atoms with Crippen molar-refractivity contribution in [1.82, 2.24) is 10.2 Å². The maximum Gasteiger partial charge on any atom is 0.408 e.